The van der Waals surface area contributed by atoms with E-state index >= 15 is 0 Å². The van der Waals surface area contributed by atoms with Crippen molar-refractivity contribution in [1.29, 1.82) is 0 Å². The van der Waals surface area contributed by atoms with Crippen molar-refractivity contribution in [2.24, 2.45) is 5.10 Å². The van der Waals surface area contributed by atoms with Gasteiger partial charge in [0.25, 0.3) is 0 Å². The van der Waals surface area contributed by atoms with Crippen LogP contribution < -0.4 is 0 Å². The number of hydrogen-bond acceptors (Lipinski definition) is 2. The van der Waals surface area contributed by atoms with Crippen LogP contribution in [0.2, 0.25) is 0 Å². The molecule has 12 heavy (non-hydrogen) atoms. The van der Waals surface area contributed by atoms with Gasteiger partial charge in [0, 0.05) is 12.4 Å². The molecule has 0 fully saturated rings. The molecule has 0 radical (unpaired) electrons. The van der Waals surface area contributed by atoms with Crippen LogP contribution in [0.3, 0.4) is 0 Å². The van der Waals surface area contributed by atoms with E-state index in [2.05, 4.69) is 18.1 Å². The average molecular weight is 166 g/mol. The highest BCUT2D eigenvalue weighted by Gasteiger charge is 2.04. The Morgan fingerprint density at radius 2 is 2.00 bits per heavy atom. The molecule has 1 heterocycles. The summed E-state index contributed by atoms with van der Waals surface area (Å²) < 4.78 is 0. The van der Waals surface area contributed by atoms with Crippen LogP contribution in [-0.4, -0.2) is 17.3 Å². The molecule has 0 spiro atoms. The topological polar surface area (TPSA) is 15.6 Å². The highest BCUT2D eigenvalue weighted by Crippen LogP contribution is 2.06. The standard InChI is InChI=1S/C8H12N2.C2H6/c1-3-9-10-7-5-4-6-8(10)2;1-2/h3-8H,1-2H3;1-2H3/b9-3-;. The largest absolute Gasteiger partial charge is 0.267 e. The summed E-state index contributed by atoms with van der Waals surface area (Å²) in [5.41, 5.74) is 0. The lowest BCUT2D eigenvalue weighted by Crippen LogP contribution is -2.22. The van der Waals surface area contributed by atoms with E-state index in [1.807, 2.05) is 44.1 Å². The summed E-state index contributed by atoms with van der Waals surface area (Å²) in [7, 11) is 0. The van der Waals surface area contributed by atoms with Gasteiger partial charge in [-0.1, -0.05) is 26.0 Å². The third kappa shape index (κ3) is 3.37. The lowest BCUT2D eigenvalue weighted by Gasteiger charge is -2.21. The van der Waals surface area contributed by atoms with Gasteiger partial charge < -0.3 is 0 Å². The zero-order valence-electron chi connectivity index (χ0n) is 8.36. The number of hydrogen-bond donors (Lipinski definition) is 0. The monoisotopic (exact) mass is 166 g/mol. The van der Waals surface area contributed by atoms with Gasteiger partial charge in [0.15, 0.2) is 0 Å². The zero-order chi connectivity index (χ0) is 9.40. The minimum Gasteiger partial charge on any atom is -0.267 e. The molecule has 1 aliphatic rings. The van der Waals surface area contributed by atoms with Gasteiger partial charge in [0.2, 0.25) is 0 Å². The van der Waals surface area contributed by atoms with Crippen molar-refractivity contribution in [2.45, 2.75) is 33.7 Å². The number of allylic oxidation sites excluding steroid dienone is 2. The second kappa shape index (κ2) is 6.65. The predicted molar refractivity (Wildman–Crippen MR) is 55.1 cm³/mol. The first-order valence-electron chi connectivity index (χ1n) is 4.46. The summed E-state index contributed by atoms with van der Waals surface area (Å²) in [6, 6.07) is 0.390. The second-order valence-electron chi connectivity index (χ2n) is 2.22. The van der Waals surface area contributed by atoms with Crippen molar-refractivity contribution in [1.82, 2.24) is 5.01 Å². The Hall–Kier alpha value is -1.05. The number of nitrogens with zero attached hydrogens (tertiary/aromatic N) is 2. The van der Waals surface area contributed by atoms with Gasteiger partial charge in [0.1, 0.15) is 0 Å². The van der Waals surface area contributed by atoms with Crippen LogP contribution in [0, 0.1) is 0 Å². The molecule has 0 N–H and O–H groups in total. The maximum atomic E-state index is 4.13. The van der Waals surface area contributed by atoms with Crippen LogP contribution in [0.25, 0.3) is 0 Å². The van der Waals surface area contributed by atoms with Gasteiger partial charge in [-0.15, -0.1) is 0 Å². The third-order valence-corrected chi connectivity index (χ3v) is 1.41. The summed E-state index contributed by atoms with van der Waals surface area (Å²) in [6.07, 6.45) is 9.87. The van der Waals surface area contributed by atoms with E-state index in [4.69, 9.17) is 0 Å². The SMILES string of the molecule is C/C=N\N1C=CC=CC1C.CC. The zero-order valence-corrected chi connectivity index (χ0v) is 8.36. The van der Waals surface area contributed by atoms with Crippen molar-refractivity contribution in [3.05, 3.63) is 24.4 Å². The highest BCUT2D eigenvalue weighted by molar-refractivity contribution is 5.52. The fourth-order valence-corrected chi connectivity index (χ4v) is 0.864. The molecular weight excluding hydrogens is 148 g/mol. The maximum absolute atomic E-state index is 4.13. The Kier molecular flexibility index (Phi) is 6.07. The van der Waals surface area contributed by atoms with Crippen molar-refractivity contribution < 1.29 is 0 Å². The van der Waals surface area contributed by atoms with E-state index in [0.717, 1.165) is 0 Å². The quantitative estimate of drug-likeness (QED) is 0.547. The summed E-state index contributed by atoms with van der Waals surface area (Å²) in [4.78, 5) is 0. The molecule has 68 valence electrons. The van der Waals surface area contributed by atoms with E-state index in [1.165, 1.54) is 0 Å². The van der Waals surface area contributed by atoms with Gasteiger partial charge in [-0.05, 0) is 19.9 Å². The molecule has 1 rings (SSSR count). The minimum atomic E-state index is 0.390. The summed E-state index contributed by atoms with van der Waals surface area (Å²) in [6.45, 7) is 8.02. The lowest BCUT2D eigenvalue weighted by molar-refractivity contribution is 0.353. The molecule has 0 amide bonds. The Morgan fingerprint density at radius 3 is 2.50 bits per heavy atom. The molecule has 2 heteroatoms. The van der Waals surface area contributed by atoms with Crippen molar-refractivity contribution in [3.63, 3.8) is 0 Å². The predicted octanol–water partition coefficient (Wildman–Crippen LogP) is 2.79. The number of rotatable bonds is 1. The molecule has 0 aromatic rings. The molecule has 0 aromatic heterocycles. The van der Waals surface area contributed by atoms with Gasteiger partial charge in [-0.3, -0.25) is 5.01 Å². The van der Waals surface area contributed by atoms with Crippen molar-refractivity contribution in [2.75, 3.05) is 0 Å². The third-order valence-electron chi connectivity index (χ3n) is 1.41. The number of hydrazone groups is 1. The molecular formula is C10H18N2. The molecule has 1 unspecified atom stereocenters. The lowest BCUT2D eigenvalue weighted by atomic mass is 10.2. The summed E-state index contributed by atoms with van der Waals surface area (Å²) in [5, 5.41) is 6.05. The van der Waals surface area contributed by atoms with E-state index in [0.29, 0.717) is 6.04 Å². The Labute approximate surface area is 75.3 Å². The van der Waals surface area contributed by atoms with E-state index in [9.17, 15) is 0 Å². The van der Waals surface area contributed by atoms with Gasteiger partial charge in [0.05, 0.1) is 6.04 Å². The molecule has 0 saturated carbocycles. The first-order valence-corrected chi connectivity index (χ1v) is 4.46. The highest BCUT2D eigenvalue weighted by atomic mass is 15.4. The maximum Gasteiger partial charge on any atom is 0.0674 e. The van der Waals surface area contributed by atoms with E-state index in [-0.39, 0.29) is 0 Å². The van der Waals surface area contributed by atoms with Crippen LogP contribution in [0.1, 0.15) is 27.7 Å². The molecule has 0 bridgehead atoms. The van der Waals surface area contributed by atoms with E-state index in [1.54, 1.807) is 6.21 Å². The van der Waals surface area contributed by atoms with Crippen LogP contribution in [0.5, 0.6) is 0 Å². The minimum absolute atomic E-state index is 0.390. The van der Waals surface area contributed by atoms with Crippen LogP contribution >= 0.6 is 0 Å². The molecule has 0 aromatic carbocycles. The van der Waals surface area contributed by atoms with Crippen LogP contribution in [0.15, 0.2) is 29.5 Å². The Bertz CT molecular complexity index is 180. The molecule has 0 saturated heterocycles. The summed E-state index contributed by atoms with van der Waals surface area (Å²) >= 11 is 0. The average Bonchev–Trinajstić information content (AvgIpc) is 2.13. The first-order chi connectivity index (χ1) is 5.84. The van der Waals surface area contributed by atoms with Gasteiger partial charge in [-0.2, -0.15) is 5.10 Å². The van der Waals surface area contributed by atoms with Crippen LogP contribution in [0.4, 0.5) is 0 Å². The van der Waals surface area contributed by atoms with E-state index < -0.39 is 0 Å². The summed E-state index contributed by atoms with van der Waals surface area (Å²) in [5.74, 6) is 0. The van der Waals surface area contributed by atoms with Gasteiger partial charge in [-0.25, -0.2) is 0 Å². The molecule has 1 atom stereocenters. The molecule has 1 aliphatic heterocycles. The van der Waals surface area contributed by atoms with Gasteiger partial charge >= 0.3 is 0 Å². The molecule has 0 aliphatic carbocycles. The Morgan fingerprint density at radius 1 is 1.33 bits per heavy atom. The fourth-order valence-electron chi connectivity index (χ4n) is 0.864. The van der Waals surface area contributed by atoms with Crippen molar-refractivity contribution in [3.8, 4) is 0 Å². The fraction of sp³-hybridized carbons (Fsp3) is 0.500. The normalized spacial score (nSPS) is 21.0. The second-order valence-corrected chi connectivity index (χ2v) is 2.22. The smallest absolute Gasteiger partial charge is 0.0674 e. The molecule has 2 nitrogen and oxygen atoms in total. The Balaban J connectivity index is 0.000000561. The first kappa shape index (κ1) is 11.0. The van der Waals surface area contributed by atoms with Crippen molar-refractivity contribution >= 4 is 6.21 Å². The van der Waals surface area contributed by atoms with Crippen LogP contribution in [-0.2, 0) is 0 Å².